The predicted molar refractivity (Wildman–Crippen MR) is 91.1 cm³/mol. The summed E-state index contributed by atoms with van der Waals surface area (Å²) in [5.41, 5.74) is 0.738. The molecule has 0 aliphatic heterocycles. The molecule has 0 radical (unpaired) electrons. The molecular formula is C16H18BrN3O2. The number of nitrogens with zero attached hydrogens (tertiary/aromatic N) is 1. The van der Waals surface area contributed by atoms with Gasteiger partial charge < -0.3 is 15.7 Å². The summed E-state index contributed by atoms with van der Waals surface area (Å²) in [4.78, 5) is 16.3. The SMILES string of the molecule is CC(C)(CO)Nc1ccc(NC(=O)c2ccc(Br)cc2)cn1. The summed E-state index contributed by atoms with van der Waals surface area (Å²) in [6.07, 6.45) is 1.58. The molecule has 0 saturated heterocycles. The molecule has 6 heteroatoms. The van der Waals surface area contributed by atoms with Crippen molar-refractivity contribution in [1.29, 1.82) is 0 Å². The number of aromatic nitrogens is 1. The van der Waals surface area contributed by atoms with Gasteiger partial charge in [-0.05, 0) is 50.2 Å². The molecule has 0 bridgehead atoms. The molecule has 3 N–H and O–H groups in total. The number of hydrogen-bond acceptors (Lipinski definition) is 4. The Morgan fingerprint density at radius 2 is 1.91 bits per heavy atom. The summed E-state index contributed by atoms with van der Waals surface area (Å²) >= 11 is 3.33. The summed E-state index contributed by atoms with van der Waals surface area (Å²) in [6, 6.07) is 10.6. The molecule has 0 atom stereocenters. The highest BCUT2D eigenvalue weighted by molar-refractivity contribution is 9.10. The fourth-order valence-corrected chi connectivity index (χ4v) is 2.00. The zero-order valence-electron chi connectivity index (χ0n) is 12.4. The number of pyridine rings is 1. The minimum atomic E-state index is -0.449. The Kier molecular flexibility index (Phi) is 5.15. The van der Waals surface area contributed by atoms with Crippen LogP contribution in [0.5, 0.6) is 0 Å². The number of carbonyl (C=O) groups is 1. The maximum atomic E-state index is 12.1. The highest BCUT2D eigenvalue weighted by atomic mass is 79.9. The normalized spacial score (nSPS) is 11.1. The molecule has 0 spiro atoms. The Hall–Kier alpha value is -1.92. The number of aliphatic hydroxyl groups excluding tert-OH is 1. The lowest BCUT2D eigenvalue weighted by molar-refractivity contribution is 0.102. The monoisotopic (exact) mass is 363 g/mol. The van der Waals surface area contributed by atoms with Crippen molar-refractivity contribution in [3.05, 3.63) is 52.6 Å². The standard InChI is InChI=1S/C16H18BrN3O2/c1-16(2,10-21)20-14-8-7-13(9-18-14)19-15(22)11-3-5-12(17)6-4-11/h3-9,21H,10H2,1-2H3,(H,18,20)(H,19,22). The number of carbonyl (C=O) groups excluding carboxylic acids is 1. The average Bonchev–Trinajstić information content (AvgIpc) is 2.49. The fraction of sp³-hybridized carbons (Fsp3) is 0.250. The van der Waals surface area contributed by atoms with Gasteiger partial charge in [-0.2, -0.15) is 0 Å². The molecule has 116 valence electrons. The van der Waals surface area contributed by atoms with E-state index in [9.17, 15) is 9.90 Å². The smallest absolute Gasteiger partial charge is 0.255 e. The molecule has 1 aromatic carbocycles. The Bertz CT molecular complexity index is 639. The summed E-state index contributed by atoms with van der Waals surface area (Å²) in [5, 5.41) is 15.1. The molecule has 0 aliphatic rings. The molecular weight excluding hydrogens is 346 g/mol. The van der Waals surface area contributed by atoms with Gasteiger partial charge in [-0.1, -0.05) is 15.9 Å². The van der Waals surface area contributed by atoms with E-state index >= 15 is 0 Å². The lowest BCUT2D eigenvalue weighted by Crippen LogP contribution is -2.35. The van der Waals surface area contributed by atoms with Crippen LogP contribution in [0.15, 0.2) is 47.1 Å². The highest BCUT2D eigenvalue weighted by Crippen LogP contribution is 2.16. The number of hydrogen-bond donors (Lipinski definition) is 3. The third-order valence-corrected chi connectivity index (χ3v) is 3.52. The molecule has 2 rings (SSSR count). The maximum Gasteiger partial charge on any atom is 0.255 e. The second-order valence-electron chi connectivity index (χ2n) is 5.56. The Morgan fingerprint density at radius 3 is 2.45 bits per heavy atom. The number of anilines is 2. The Balaban J connectivity index is 2.02. The summed E-state index contributed by atoms with van der Waals surface area (Å²) in [5.74, 6) is 0.450. The predicted octanol–water partition coefficient (Wildman–Crippen LogP) is 3.28. The molecule has 2 aromatic rings. The van der Waals surface area contributed by atoms with Crippen LogP contribution in [0.3, 0.4) is 0 Å². The van der Waals surface area contributed by atoms with E-state index < -0.39 is 5.54 Å². The lowest BCUT2D eigenvalue weighted by atomic mass is 10.1. The van der Waals surface area contributed by atoms with Crippen molar-refractivity contribution in [3.8, 4) is 0 Å². The molecule has 1 amide bonds. The van der Waals surface area contributed by atoms with Crippen molar-refractivity contribution in [1.82, 2.24) is 4.98 Å². The van der Waals surface area contributed by atoms with Gasteiger partial charge in [0.2, 0.25) is 0 Å². The largest absolute Gasteiger partial charge is 0.394 e. The fourth-order valence-electron chi connectivity index (χ4n) is 1.73. The number of halogens is 1. The zero-order valence-corrected chi connectivity index (χ0v) is 14.0. The highest BCUT2D eigenvalue weighted by Gasteiger charge is 2.16. The van der Waals surface area contributed by atoms with E-state index in [4.69, 9.17) is 0 Å². The van der Waals surface area contributed by atoms with Crippen molar-refractivity contribution in [2.45, 2.75) is 19.4 Å². The van der Waals surface area contributed by atoms with Crippen molar-refractivity contribution < 1.29 is 9.90 Å². The molecule has 1 heterocycles. The van der Waals surface area contributed by atoms with E-state index in [2.05, 4.69) is 31.5 Å². The van der Waals surface area contributed by atoms with E-state index in [1.54, 1.807) is 30.5 Å². The van der Waals surface area contributed by atoms with E-state index in [1.165, 1.54) is 0 Å². The van der Waals surface area contributed by atoms with Gasteiger partial charge in [0.1, 0.15) is 5.82 Å². The van der Waals surface area contributed by atoms with Crippen LogP contribution >= 0.6 is 15.9 Å². The van der Waals surface area contributed by atoms with Crippen molar-refractivity contribution in [2.75, 3.05) is 17.2 Å². The van der Waals surface area contributed by atoms with Gasteiger partial charge >= 0.3 is 0 Å². The number of amides is 1. The van der Waals surface area contributed by atoms with Crippen LogP contribution in [0, 0.1) is 0 Å². The van der Waals surface area contributed by atoms with Gasteiger partial charge in [-0.15, -0.1) is 0 Å². The van der Waals surface area contributed by atoms with Crippen LogP contribution < -0.4 is 10.6 Å². The maximum absolute atomic E-state index is 12.1. The van der Waals surface area contributed by atoms with Crippen molar-refractivity contribution in [3.63, 3.8) is 0 Å². The summed E-state index contributed by atoms with van der Waals surface area (Å²) < 4.78 is 0.924. The van der Waals surface area contributed by atoms with Gasteiger partial charge in [-0.25, -0.2) is 4.98 Å². The summed E-state index contributed by atoms with van der Waals surface area (Å²) in [7, 11) is 0. The van der Waals surface area contributed by atoms with Crippen LogP contribution in [0.4, 0.5) is 11.5 Å². The van der Waals surface area contributed by atoms with Crippen LogP contribution in [-0.2, 0) is 0 Å². The van der Waals surface area contributed by atoms with Crippen LogP contribution in [0.25, 0.3) is 0 Å². The van der Waals surface area contributed by atoms with Crippen LogP contribution in [0.2, 0.25) is 0 Å². The third kappa shape index (κ3) is 4.54. The van der Waals surface area contributed by atoms with Crippen LogP contribution in [-0.4, -0.2) is 28.1 Å². The molecule has 0 saturated carbocycles. The minimum Gasteiger partial charge on any atom is -0.394 e. The first-order valence-corrected chi connectivity index (χ1v) is 7.61. The van der Waals surface area contributed by atoms with Crippen LogP contribution in [0.1, 0.15) is 24.2 Å². The first kappa shape index (κ1) is 16.5. The van der Waals surface area contributed by atoms with Gasteiger partial charge in [0.15, 0.2) is 0 Å². The minimum absolute atomic E-state index is 0.00324. The molecule has 5 nitrogen and oxygen atoms in total. The van der Waals surface area contributed by atoms with Crippen molar-refractivity contribution in [2.24, 2.45) is 0 Å². The van der Waals surface area contributed by atoms with E-state index in [0.29, 0.717) is 17.1 Å². The van der Waals surface area contributed by atoms with Gasteiger partial charge in [0.25, 0.3) is 5.91 Å². The molecule has 0 unspecified atom stereocenters. The second-order valence-corrected chi connectivity index (χ2v) is 6.48. The molecule has 22 heavy (non-hydrogen) atoms. The lowest BCUT2D eigenvalue weighted by Gasteiger charge is -2.24. The number of aliphatic hydroxyl groups is 1. The van der Waals surface area contributed by atoms with Gasteiger partial charge in [0, 0.05) is 10.0 Å². The number of rotatable bonds is 5. The average molecular weight is 364 g/mol. The molecule has 0 aliphatic carbocycles. The summed E-state index contributed by atoms with van der Waals surface area (Å²) in [6.45, 7) is 3.74. The number of nitrogens with one attached hydrogen (secondary N) is 2. The topological polar surface area (TPSA) is 74.2 Å². The molecule has 1 aromatic heterocycles. The molecule has 0 fully saturated rings. The quantitative estimate of drug-likeness (QED) is 0.761. The van der Waals surface area contributed by atoms with Gasteiger partial charge in [-0.3, -0.25) is 4.79 Å². The first-order valence-electron chi connectivity index (χ1n) is 6.82. The second kappa shape index (κ2) is 6.89. The van der Waals surface area contributed by atoms with E-state index in [1.807, 2.05) is 26.0 Å². The zero-order chi connectivity index (χ0) is 16.2. The van der Waals surface area contributed by atoms with Crippen molar-refractivity contribution >= 4 is 33.3 Å². The Labute approximate surface area is 137 Å². The third-order valence-electron chi connectivity index (χ3n) is 2.99. The van der Waals surface area contributed by atoms with E-state index in [0.717, 1.165) is 4.47 Å². The van der Waals surface area contributed by atoms with Gasteiger partial charge in [0.05, 0.1) is 24.0 Å². The number of benzene rings is 1. The van der Waals surface area contributed by atoms with E-state index in [-0.39, 0.29) is 12.5 Å². The Morgan fingerprint density at radius 1 is 1.23 bits per heavy atom. The first-order chi connectivity index (χ1) is 10.4.